The lowest BCUT2D eigenvalue weighted by Gasteiger charge is -2.24. The van der Waals surface area contributed by atoms with Crippen LogP contribution >= 0.6 is 11.3 Å². The molecule has 0 saturated carbocycles. The van der Waals surface area contributed by atoms with Gasteiger partial charge in [-0.05, 0) is 49.6 Å². The zero-order valence-electron chi connectivity index (χ0n) is 13.8. The predicted molar refractivity (Wildman–Crippen MR) is 95.0 cm³/mol. The number of aromatic nitrogens is 2. The van der Waals surface area contributed by atoms with Crippen molar-refractivity contribution in [2.24, 2.45) is 0 Å². The molecule has 0 bridgehead atoms. The monoisotopic (exact) mass is 355 g/mol. The Kier molecular flexibility index (Phi) is 3.73. The standard InChI is InChI=1S/C18H17N3O3S/c1-18(2,16-4-3-7-25-16)19-17(22)13-9-12(20-21-13)11-5-6-14-15(8-11)24-10-23-14/h3-9H,10H2,1-2H3,(H,19,22)(H,20,21). The maximum atomic E-state index is 12.6. The molecule has 2 aromatic heterocycles. The van der Waals surface area contributed by atoms with E-state index in [-0.39, 0.29) is 12.7 Å². The second-order valence-electron chi connectivity index (χ2n) is 6.29. The second kappa shape index (κ2) is 5.93. The number of rotatable bonds is 4. The van der Waals surface area contributed by atoms with Crippen molar-refractivity contribution in [2.75, 3.05) is 6.79 Å². The van der Waals surface area contributed by atoms with Crippen LogP contribution in [0.15, 0.2) is 41.8 Å². The first-order valence-corrected chi connectivity index (χ1v) is 8.73. The highest BCUT2D eigenvalue weighted by molar-refractivity contribution is 7.10. The van der Waals surface area contributed by atoms with Gasteiger partial charge in [-0.2, -0.15) is 5.10 Å². The van der Waals surface area contributed by atoms with Gasteiger partial charge in [0.15, 0.2) is 11.5 Å². The zero-order valence-corrected chi connectivity index (χ0v) is 14.6. The van der Waals surface area contributed by atoms with Crippen LogP contribution in [0.5, 0.6) is 11.5 Å². The molecule has 0 aliphatic carbocycles. The molecule has 2 N–H and O–H groups in total. The van der Waals surface area contributed by atoms with Crippen LogP contribution < -0.4 is 14.8 Å². The molecule has 3 aromatic rings. The van der Waals surface area contributed by atoms with E-state index in [2.05, 4.69) is 15.5 Å². The Morgan fingerprint density at radius 2 is 2.08 bits per heavy atom. The molecule has 128 valence electrons. The molecule has 1 aliphatic heterocycles. The molecule has 6 nitrogen and oxygen atoms in total. The number of nitrogens with one attached hydrogen (secondary N) is 2. The van der Waals surface area contributed by atoms with Gasteiger partial charge in [-0.25, -0.2) is 0 Å². The number of carbonyl (C=O) groups excluding carboxylic acids is 1. The van der Waals surface area contributed by atoms with Crippen molar-refractivity contribution in [2.45, 2.75) is 19.4 Å². The minimum Gasteiger partial charge on any atom is -0.454 e. The minimum atomic E-state index is -0.449. The number of fused-ring (bicyclic) bond motifs is 1. The van der Waals surface area contributed by atoms with Crippen LogP contribution in [-0.4, -0.2) is 22.9 Å². The fourth-order valence-corrected chi connectivity index (χ4v) is 3.50. The molecule has 0 fully saturated rings. The largest absolute Gasteiger partial charge is 0.454 e. The first-order valence-electron chi connectivity index (χ1n) is 7.85. The average Bonchev–Trinajstić information content (AvgIpc) is 3.33. The summed E-state index contributed by atoms with van der Waals surface area (Å²) in [6, 6.07) is 11.3. The van der Waals surface area contributed by atoms with Crippen molar-refractivity contribution in [1.29, 1.82) is 0 Å². The zero-order chi connectivity index (χ0) is 17.4. The molecule has 25 heavy (non-hydrogen) atoms. The first-order chi connectivity index (χ1) is 12.0. The smallest absolute Gasteiger partial charge is 0.270 e. The third kappa shape index (κ3) is 2.98. The third-order valence-electron chi connectivity index (χ3n) is 4.05. The highest BCUT2D eigenvalue weighted by Gasteiger charge is 2.25. The molecule has 0 radical (unpaired) electrons. The molecular weight excluding hydrogens is 338 g/mol. The quantitative estimate of drug-likeness (QED) is 0.751. The Morgan fingerprint density at radius 1 is 1.24 bits per heavy atom. The van der Waals surface area contributed by atoms with Gasteiger partial charge in [-0.15, -0.1) is 11.3 Å². The predicted octanol–water partition coefficient (Wildman–Crippen LogP) is 3.53. The van der Waals surface area contributed by atoms with Gasteiger partial charge in [0.05, 0.1) is 11.2 Å². The number of ether oxygens (including phenoxy) is 2. The lowest BCUT2D eigenvalue weighted by Crippen LogP contribution is -2.40. The number of amides is 1. The molecule has 4 rings (SSSR count). The normalized spacial score (nSPS) is 13.0. The topological polar surface area (TPSA) is 76.2 Å². The summed E-state index contributed by atoms with van der Waals surface area (Å²) < 4.78 is 10.7. The van der Waals surface area contributed by atoms with Crippen molar-refractivity contribution in [1.82, 2.24) is 15.5 Å². The lowest BCUT2D eigenvalue weighted by molar-refractivity contribution is 0.0908. The van der Waals surface area contributed by atoms with Crippen molar-refractivity contribution < 1.29 is 14.3 Å². The van der Waals surface area contributed by atoms with Gasteiger partial charge < -0.3 is 14.8 Å². The molecule has 1 aliphatic rings. The van der Waals surface area contributed by atoms with Crippen molar-refractivity contribution >= 4 is 17.2 Å². The second-order valence-corrected chi connectivity index (χ2v) is 7.24. The number of hydrogen-bond acceptors (Lipinski definition) is 5. The first kappa shape index (κ1) is 15.7. The molecule has 0 atom stereocenters. The molecule has 0 unspecified atom stereocenters. The van der Waals surface area contributed by atoms with Gasteiger partial charge in [0.2, 0.25) is 6.79 Å². The molecule has 3 heterocycles. The number of thiophene rings is 1. The maximum absolute atomic E-state index is 12.6. The van der Waals surface area contributed by atoms with Gasteiger partial charge in [0, 0.05) is 10.4 Å². The average molecular weight is 355 g/mol. The van der Waals surface area contributed by atoms with E-state index in [1.165, 1.54) is 0 Å². The summed E-state index contributed by atoms with van der Waals surface area (Å²) >= 11 is 1.61. The number of aromatic amines is 1. The van der Waals surface area contributed by atoms with E-state index in [0.717, 1.165) is 16.2 Å². The third-order valence-corrected chi connectivity index (χ3v) is 5.25. The Labute approximate surface area is 148 Å². The van der Waals surface area contributed by atoms with E-state index in [9.17, 15) is 4.79 Å². The summed E-state index contributed by atoms with van der Waals surface area (Å²) in [4.78, 5) is 13.7. The summed E-state index contributed by atoms with van der Waals surface area (Å²) in [6.07, 6.45) is 0. The molecule has 1 amide bonds. The number of H-pyrrole nitrogens is 1. The van der Waals surface area contributed by atoms with Gasteiger partial charge in [-0.3, -0.25) is 9.89 Å². The van der Waals surface area contributed by atoms with E-state index in [4.69, 9.17) is 9.47 Å². The SMILES string of the molecule is CC(C)(NC(=O)c1cc(-c2ccc3c(c2)OCO3)n[nH]1)c1cccs1. The van der Waals surface area contributed by atoms with E-state index in [1.54, 1.807) is 17.4 Å². The number of hydrogen-bond donors (Lipinski definition) is 2. The van der Waals surface area contributed by atoms with Crippen LogP contribution in [-0.2, 0) is 5.54 Å². The Hall–Kier alpha value is -2.80. The van der Waals surface area contributed by atoms with Crippen LogP contribution in [0.2, 0.25) is 0 Å². The molecular formula is C18H17N3O3S. The number of carbonyl (C=O) groups is 1. The fraction of sp³-hybridized carbons (Fsp3) is 0.222. The molecule has 0 spiro atoms. The fourth-order valence-electron chi connectivity index (χ4n) is 2.69. The summed E-state index contributed by atoms with van der Waals surface area (Å²) in [5.41, 5.74) is 1.50. The van der Waals surface area contributed by atoms with E-state index in [0.29, 0.717) is 17.1 Å². The molecule has 0 saturated heterocycles. The summed E-state index contributed by atoms with van der Waals surface area (Å²) in [5, 5.41) is 12.1. The number of benzene rings is 1. The summed E-state index contributed by atoms with van der Waals surface area (Å²) in [6.45, 7) is 4.18. The highest BCUT2D eigenvalue weighted by Crippen LogP contribution is 2.35. The molecule has 1 aromatic carbocycles. The minimum absolute atomic E-state index is 0.196. The Balaban J connectivity index is 1.54. The van der Waals surface area contributed by atoms with Crippen molar-refractivity contribution in [3.05, 3.63) is 52.3 Å². The summed E-state index contributed by atoms with van der Waals surface area (Å²) in [5.74, 6) is 1.21. The van der Waals surface area contributed by atoms with Crippen LogP contribution in [0.1, 0.15) is 29.2 Å². The van der Waals surface area contributed by atoms with Gasteiger partial charge in [0.1, 0.15) is 5.69 Å². The van der Waals surface area contributed by atoms with Gasteiger partial charge >= 0.3 is 0 Å². The molecule has 7 heteroatoms. The van der Waals surface area contributed by atoms with Crippen molar-refractivity contribution in [3.8, 4) is 22.8 Å². The van der Waals surface area contributed by atoms with Gasteiger partial charge in [-0.1, -0.05) is 6.07 Å². The summed E-state index contributed by atoms with van der Waals surface area (Å²) in [7, 11) is 0. The van der Waals surface area contributed by atoms with Crippen LogP contribution in [0.4, 0.5) is 0 Å². The van der Waals surface area contributed by atoms with Crippen molar-refractivity contribution in [3.63, 3.8) is 0 Å². The highest BCUT2D eigenvalue weighted by atomic mass is 32.1. The Bertz CT molecular complexity index is 916. The van der Waals surface area contributed by atoms with E-state index in [1.807, 2.05) is 49.6 Å². The van der Waals surface area contributed by atoms with Crippen LogP contribution in [0.3, 0.4) is 0 Å². The van der Waals surface area contributed by atoms with E-state index < -0.39 is 5.54 Å². The van der Waals surface area contributed by atoms with Crippen LogP contribution in [0, 0.1) is 0 Å². The Morgan fingerprint density at radius 3 is 2.88 bits per heavy atom. The van der Waals surface area contributed by atoms with Gasteiger partial charge in [0.25, 0.3) is 5.91 Å². The lowest BCUT2D eigenvalue weighted by atomic mass is 10.0. The maximum Gasteiger partial charge on any atom is 0.270 e. The number of nitrogens with zero attached hydrogens (tertiary/aromatic N) is 1. The van der Waals surface area contributed by atoms with E-state index >= 15 is 0 Å². The van der Waals surface area contributed by atoms with Crippen LogP contribution in [0.25, 0.3) is 11.3 Å².